The number of hydrogen-bond acceptors (Lipinski definition) is 3. The molecule has 3 heteroatoms. The molecule has 1 unspecified atom stereocenters. The van der Waals surface area contributed by atoms with E-state index in [0.29, 0.717) is 12.2 Å². The predicted molar refractivity (Wildman–Crippen MR) is 76.4 cm³/mol. The van der Waals surface area contributed by atoms with E-state index >= 15 is 0 Å². The fraction of sp³-hybridized carbons (Fsp3) is 0.562. The van der Waals surface area contributed by atoms with Gasteiger partial charge in [-0.15, -0.1) is 0 Å². The Kier molecular flexibility index (Phi) is 7.19. The second-order valence-electron chi connectivity index (χ2n) is 4.85. The molecule has 1 aromatic rings. The summed E-state index contributed by atoms with van der Waals surface area (Å²) in [4.78, 5) is 12.0. The molecule has 0 aliphatic rings. The number of hydrogen-bond donors (Lipinski definition) is 0. The van der Waals surface area contributed by atoms with Crippen LogP contribution < -0.4 is 0 Å². The lowest BCUT2D eigenvalue weighted by Gasteiger charge is -2.17. The van der Waals surface area contributed by atoms with Crippen molar-refractivity contribution in [1.82, 2.24) is 0 Å². The number of ether oxygens (including phenoxy) is 2. The fourth-order valence-corrected chi connectivity index (χ4v) is 1.98. The molecule has 1 rings (SSSR count). The number of esters is 1. The molecule has 0 radical (unpaired) electrons. The summed E-state index contributed by atoms with van der Waals surface area (Å²) in [6.45, 7) is 4.58. The highest BCUT2D eigenvalue weighted by Crippen LogP contribution is 2.12. The first kappa shape index (κ1) is 15.7. The van der Waals surface area contributed by atoms with Gasteiger partial charge in [-0.1, -0.05) is 37.5 Å². The lowest BCUT2D eigenvalue weighted by atomic mass is 10.1. The molecule has 1 aromatic carbocycles. The molecule has 0 aromatic heterocycles. The van der Waals surface area contributed by atoms with Crippen LogP contribution in [0.3, 0.4) is 0 Å². The van der Waals surface area contributed by atoms with Gasteiger partial charge in [0.15, 0.2) is 0 Å². The summed E-state index contributed by atoms with van der Waals surface area (Å²) < 4.78 is 10.6. The van der Waals surface area contributed by atoms with Gasteiger partial charge in [-0.05, 0) is 31.9 Å². The third-order valence-corrected chi connectivity index (χ3v) is 3.01. The van der Waals surface area contributed by atoms with Gasteiger partial charge in [0.2, 0.25) is 0 Å². The smallest absolute Gasteiger partial charge is 0.338 e. The molecule has 0 N–H and O–H groups in total. The van der Waals surface area contributed by atoms with Crippen LogP contribution in [0.25, 0.3) is 0 Å². The number of carbonyl (C=O) groups excluding carboxylic acids is 1. The van der Waals surface area contributed by atoms with Gasteiger partial charge in [0.05, 0.1) is 12.2 Å². The maximum Gasteiger partial charge on any atom is 0.338 e. The number of rotatable bonds is 8. The third kappa shape index (κ3) is 5.88. The van der Waals surface area contributed by atoms with Crippen molar-refractivity contribution in [1.29, 1.82) is 0 Å². The van der Waals surface area contributed by atoms with E-state index < -0.39 is 0 Å². The van der Waals surface area contributed by atoms with E-state index in [0.717, 1.165) is 31.2 Å². The zero-order valence-electron chi connectivity index (χ0n) is 12.1. The average molecular weight is 264 g/mol. The van der Waals surface area contributed by atoms with Crippen LogP contribution in [0.15, 0.2) is 24.3 Å². The number of carbonyl (C=O) groups is 1. The van der Waals surface area contributed by atoms with Gasteiger partial charge in [-0.3, -0.25) is 0 Å². The van der Waals surface area contributed by atoms with Gasteiger partial charge in [0.25, 0.3) is 0 Å². The summed E-state index contributed by atoms with van der Waals surface area (Å²) in [5.41, 5.74) is 1.67. The summed E-state index contributed by atoms with van der Waals surface area (Å²) in [6.07, 6.45) is 4.09. The number of benzene rings is 1. The third-order valence-electron chi connectivity index (χ3n) is 3.01. The van der Waals surface area contributed by atoms with Gasteiger partial charge in [0, 0.05) is 7.11 Å². The lowest BCUT2D eigenvalue weighted by molar-refractivity contribution is 0.00240. The Hall–Kier alpha value is -1.35. The molecule has 0 bridgehead atoms. The van der Waals surface area contributed by atoms with E-state index in [1.165, 1.54) is 0 Å². The zero-order chi connectivity index (χ0) is 14.1. The quantitative estimate of drug-likeness (QED) is 0.530. The molecule has 0 aliphatic carbocycles. The number of aryl methyl sites for hydroxylation is 1. The van der Waals surface area contributed by atoms with Crippen LogP contribution in [0.4, 0.5) is 0 Å². The van der Waals surface area contributed by atoms with Crippen LogP contribution in [-0.2, 0) is 9.47 Å². The maximum atomic E-state index is 12.0. The van der Waals surface area contributed by atoms with Crippen LogP contribution >= 0.6 is 0 Å². The Bertz CT molecular complexity index is 387. The van der Waals surface area contributed by atoms with Crippen molar-refractivity contribution in [3.63, 3.8) is 0 Å². The molecule has 0 saturated carbocycles. The topological polar surface area (TPSA) is 35.5 Å². The normalized spacial score (nSPS) is 12.2. The molecule has 19 heavy (non-hydrogen) atoms. The number of unbranched alkanes of at least 4 members (excludes halogenated alkanes) is 2. The van der Waals surface area contributed by atoms with E-state index in [1.807, 2.05) is 25.1 Å². The van der Waals surface area contributed by atoms with Gasteiger partial charge < -0.3 is 9.47 Å². The minimum absolute atomic E-state index is 0.149. The Balaban J connectivity index is 2.55. The summed E-state index contributed by atoms with van der Waals surface area (Å²) >= 11 is 0. The number of methoxy groups -OCH3 is 1. The summed E-state index contributed by atoms with van der Waals surface area (Å²) in [6, 6.07) is 7.46. The summed E-state index contributed by atoms with van der Waals surface area (Å²) in [7, 11) is 1.63. The highest BCUT2D eigenvalue weighted by atomic mass is 16.6. The van der Waals surface area contributed by atoms with Crippen LogP contribution in [0.2, 0.25) is 0 Å². The van der Waals surface area contributed by atoms with Crippen LogP contribution in [-0.4, -0.2) is 25.8 Å². The first-order valence-electron chi connectivity index (χ1n) is 6.94. The Morgan fingerprint density at radius 3 is 2.74 bits per heavy atom. The van der Waals surface area contributed by atoms with E-state index in [1.54, 1.807) is 13.2 Å². The van der Waals surface area contributed by atoms with Crippen molar-refractivity contribution in [2.45, 2.75) is 45.6 Å². The van der Waals surface area contributed by atoms with Crippen molar-refractivity contribution < 1.29 is 14.3 Å². The van der Waals surface area contributed by atoms with E-state index in [2.05, 4.69) is 6.92 Å². The van der Waals surface area contributed by atoms with Gasteiger partial charge in [-0.2, -0.15) is 0 Å². The molecule has 0 heterocycles. The van der Waals surface area contributed by atoms with Crippen molar-refractivity contribution in [3.05, 3.63) is 35.4 Å². The van der Waals surface area contributed by atoms with Gasteiger partial charge >= 0.3 is 5.97 Å². The van der Waals surface area contributed by atoms with Crippen molar-refractivity contribution in [2.75, 3.05) is 13.7 Å². The van der Waals surface area contributed by atoms with Crippen LogP contribution in [0.5, 0.6) is 0 Å². The zero-order valence-corrected chi connectivity index (χ0v) is 12.1. The molecule has 0 amide bonds. The molecule has 0 aliphatic heterocycles. The van der Waals surface area contributed by atoms with E-state index in [4.69, 9.17) is 9.47 Å². The molecular formula is C16H24O3. The second-order valence-corrected chi connectivity index (χ2v) is 4.85. The molecule has 0 saturated heterocycles. The first-order valence-corrected chi connectivity index (χ1v) is 6.94. The van der Waals surface area contributed by atoms with Crippen LogP contribution in [0, 0.1) is 6.92 Å². The fourth-order valence-electron chi connectivity index (χ4n) is 1.98. The molecule has 0 spiro atoms. The van der Waals surface area contributed by atoms with Crippen molar-refractivity contribution >= 4 is 5.97 Å². The Morgan fingerprint density at radius 2 is 2.11 bits per heavy atom. The summed E-state index contributed by atoms with van der Waals surface area (Å²) in [5, 5.41) is 0. The monoisotopic (exact) mass is 264 g/mol. The first-order chi connectivity index (χ1) is 9.17. The maximum absolute atomic E-state index is 12.0. The molecule has 106 valence electrons. The largest absolute Gasteiger partial charge is 0.456 e. The van der Waals surface area contributed by atoms with Gasteiger partial charge in [-0.25, -0.2) is 4.79 Å². The lowest BCUT2D eigenvalue weighted by Crippen LogP contribution is -2.23. The standard InChI is InChI=1S/C16H24O3/c1-4-5-6-10-15(12-18-3)19-16(17)14-9-7-8-13(2)11-14/h7-9,11,15H,4-6,10,12H2,1-3H3. The van der Waals surface area contributed by atoms with Gasteiger partial charge in [0.1, 0.15) is 6.10 Å². The van der Waals surface area contributed by atoms with E-state index in [9.17, 15) is 4.79 Å². The molecule has 0 fully saturated rings. The Labute approximate surface area is 115 Å². The highest BCUT2D eigenvalue weighted by Gasteiger charge is 2.15. The summed E-state index contributed by atoms with van der Waals surface area (Å²) in [5.74, 6) is -0.262. The SMILES string of the molecule is CCCCCC(COC)OC(=O)c1cccc(C)c1. The molecule has 1 atom stereocenters. The second kappa shape index (κ2) is 8.70. The minimum Gasteiger partial charge on any atom is -0.456 e. The van der Waals surface area contributed by atoms with Crippen molar-refractivity contribution in [3.8, 4) is 0 Å². The minimum atomic E-state index is -0.262. The average Bonchev–Trinajstić information content (AvgIpc) is 2.39. The molecule has 3 nitrogen and oxygen atoms in total. The van der Waals surface area contributed by atoms with E-state index in [-0.39, 0.29) is 12.1 Å². The highest BCUT2D eigenvalue weighted by molar-refractivity contribution is 5.89. The Morgan fingerprint density at radius 1 is 1.32 bits per heavy atom. The van der Waals surface area contributed by atoms with Crippen LogP contribution in [0.1, 0.15) is 48.5 Å². The molecular weight excluding hydrogens is 240 g/mol. The predicted octanol–water partition coefficient (Wildman–Crippen LogP) is 3.75. The van der Waals surface area contributed by atoms with Crippen molar-refractivity contribution in [2.24, 2.45) is 0 Å².